The Morgan fingerprint density at radius 3 is 2.67 bits per heavy atom. The van der Waals surface area contributed by atoms with Crippen LogP contribution < -0.4 is 16.0 Å². The van der Waals surface area contributed by atoms with Crippen molar-refractivity contribution in [2.45, 2.75) is 59.0 Å². The number of nitrogens with zero attached hydrogens (tertiary/aromatic N) is 3. The van der Waals surface area contributed by atoms with E-state index in [0.29, 0.717) is 24.0 Å². The molecule has 0 aliphatic heterocycles. The first-order valence-corrected chi connectivity index (χ1v) is 11.5. The van der Waals surface area contributed by atoms with Gasteiger partial charge < -0.3 is 15.7 Å². The molecule has 2 amide bonds. The number of hydrogen-bond donors (Lipinski definition) is 4. The van der Waals surface area contributed by atoms with Crippen LogP contribution in [-0.2, 0) is 6.54 Å². The number of nitrogens with one attached hydrogen (secondary N) is 3. The standard InChI is InChI=1S/C25H36N6O2/c1-17-10-11-21(20-9-7-6-8-19(17)20)29-24(33)30-23(14-22(26-5)25(2,3)4)28-18-15-27-31(16-18)12-13-32/h6-9,14-17,21,28,32H,10-13H2,1-5H3,(H2,29,30,33)/b23-14+,26-22?/t17-,21+/m1/s1. The van der Waals surface area contributed by atoms with E-state index in [1.54, 1.807) is 24.1 Å². The monoisotopic (exact) mass is 452 g/mol. The van der Waals surface area contributed by atoms with Crippen LogP contribution in [0, 0.1) is 5.41 Å². The maximum atomic E-state index is 13.0. The van der Waals surface area contributed by atoms with Crippen LogP contribution in [0.25, 0.3) is 0 Å². The molecule has 0 radical (unpaired) electrons. The van der Waals surface area contributed by atoms with E-state index in [0.717, 1.165) is 18.6 Å². The molecule has 0 saturated heterocycles. The number of hydrogen-bond acceptors (Lipinski definition) is 5. The van der Waals surface area contributed by atoms with Crippen LogP contribution in [0.2, 0.25) is 0 Å². The van der Waals surface area contributed by atoms with E-state index in [2.05, 4.69) is 71.9 Å². The summed E-state index contributed by atoms with van der Waals surface area (Å²) in [6, 6.07) is 8.01. The number of carbonyl (C=O) groups is 1. The number of allylic oxidation sites excluding steroid dienone is 1. The molecule has 8 heteroatoms. The Morgan fingerprint density at radius 2 is 2.00 bits per heavy atom. The highest BCUT2D eigenvalue weighted by molar-refractivity contribution is 6.00. The summed E-state index contributed by atoms with van der Waals surface area (Å²) in [6.07, 6.45) is 7.21. The molecule has 2 aromatic rings. The van der Waals surface area contributed by atoms with Gasteiger partial charge in [-0.1, -0.05) is 52.0 Å². The molecule has 1 aromatic heterocycles. The van der Waals surface area contributed by atoms with Crippen molar-refractivity contribution in [2.24, 2.45) is 10.4 Å². The minimum Gasteiger partial charge on any atom is -0.394 e. The number of aromatic nitrogens is 2. The summed E-state index contributed by atoms with van der Waals surface area (Å²) in [4.78, 5) is 17.4. The zero-order chi connectivity index (χ0) is 24.0. The van der Waals surface area contributed by atoms with E-state index in [-0.39, 0.29) is 24.1 Å². The Bertz CT molecular complexity index is 1020. The van der Waals surface area contributed by atoms with E-state index in [1.165, 1.54) is 11.1 Å². The predicted octanol–water partition coefficient (Wildman–Crippen LogP) is 4.18. The number of fused-ring (bicyclic) bond motifs is 1. The van der Waals surface area contributed by atoms with Crippen LogP contribution in [0.3, 0.4) is 0 Å². The summed E-state index contributed by atoms with van der Waals surface area (Å²) in [6.45, 7) is 8.85. The van der Waals surface area contributed by atoms with Gasteiger partial charge in [0.05, 0.1) is 31.1 Å². The van der Waals surface area contributed by atoms with Crippen LogP contribution in [-0.4, -0.2) is 40.3 Å². The molecule has 0 fully saturated rings. The minimum absolute atomic E-state index is 0.00260. The summed E-state index contributed by atoms with van der Waals surface area (Å²) in [5.74, 6) is 0.994. The SMILES string of the molecule is CN=C(/C=C(/NC(=O)N[C@H]1CC[C@@H](C)c2ccccc21)Nc1cnn(CCO)c1)C(C)(C)C. The Labute approximate surface area is 196 Å². The first-order chi connectivity index (χ1) is 15.7. The summed E-state index contributed by atoms with van der Waals surface area (Å²) < 4.78 is 1.64. The molecule has 1 heterocycles. The second-order valence-electron chi connectivity index (χ2n) is 9.52. The van der Waals surface area contributed by atoms with Crippen LogP contribution in [0.1, 0.15) is 63.6 Å². The normalized spacial score (nSPS) is 19.1. The molecule has 4 N–H and O–H groups in total. The van der Waals surface area contributed by atoms with E-state index >= 15 is 0 Å². The van der Waals surface area contributed by atoms with Crippen molar-refractivity contribution in [2.75, 3.05) is 19.0 Å². The molecule has 0 bridgehead atoms. The van der Waals surface area contributed by atoms with Crippen molar-refractivity contribution in [3.05, 3.63) is 59.7 Å². The van der Waals surface area contributed by atoms with Crippen molar-refractivity contribution in [1.82, 2.24) is 20.4 Å². The molecule has 0 saturated carbocycles. The number of benzene rings is 1. The third kappa shape index (κ3) is 6.44. The highest BCUT2D eigenvalue weighted by Gasteiger charge is 2.26. The number of anilines is 1. The molecule has 3 rings (SSSR count). The van der Waals surface area contributed by atoms with Crippen molar-refractivity contribution in [1.29, 1.82) is 0 Å². The molecule has 1 aromatic carbocycles. The number of amides is 2. The number of aliphatic imine (C=N–C) groups is 1. The molecular weight excluding hydrogens is 416 g/mol. The molecule has 0 spiro atoms. The largest absolute Gasteiger partial charge is 0.394 e. The predicted molar refractivity (Wildman–Crippen MR) is 132 cm³/mol. The molecule has 1 aliphatic rings. The van der Waals surface area contributed by atoms with Gasteiger partial charge in [-0.25, -0.2) is 4.79 Å². The summed E-state index contributed by atoms with van der Waals surface area (Å²) in [5, 5.41) is 22.7. The van der Waals surface area contributed by atoms with Gasteiger partial charge in [0.1, 0.15) is 5.82 Å². The highest BCUT2D eigenvalue weighted by Crippen LogP contribution is 2.36. The van der Waals surface area contributed by atoms with Gasteiger partial charge in [0.15, 0.2) is 0 Å². The maximum Gasteiger partial charge on any atom is 0.320 e. The number of rotatable bonds is 7. The second-order valence-corrected chi connectivity index (χ2v) is 9.52. The zero-order valence-electron chi connectivity index (χ0n) is 20.2. The Hall–Kier alpha value is -3.13. The Balaban J connectivity index is 1.79. The molecule has 2 atom stereocenters. The molecule has 33 heavy (non-hydrogen) atoms. The lowest BCUT2D eigenvalue weighted by Crippen LogP contribution is -2.40. The van der Waals surface area contributed by atoms with E-state index in [4.69, 9.17) is 5.11 Å². The van der Waals surface area contributed by atoms with E-state index < -0.39 is 0 Å². The second kappa shape index (κ2) is 10.7. The lowest BCUT2D eigenvalue weighted by Gasteiger charge is -2.30. The third-order valence-corrected chi connectivity index (χ3v) is 5.88. The number of urea groups is 1. The quantitative estimate of drug-likeness (QED) is 0.473. The Kier molecular flexibility index (Phi) is 7.92. The fraction of sp³-hybridized carbons (Fsp3) is 0.480. The lowest BCUT2D eigenvalue weighted by molar-refractivity contribution is 0.237. The van der Waals surface area contributed by atoms with Crippen molar-refractivity contribution in [3.63, 3.8) is 0 Å². The third-order valence-electron chi connectivity index (χ3n) is 5.88. The van der Waals surface area contributed by atoms with Gasteiger partial charge in [0.25, 0.3) is 0 Å². The van der Waals surface area contributed by atoms with Crippen LogP contribution in [0.15, 0.2) is 53.5 Å². The number of aliphatic hydroxyl groups is 1. The number of aliphatic hydroxyl groups excluding tert-OH is 1. The average Bonchev–Trinajstić information content (AvgIpc) is 3.20. The van der Waals surface area contributed by atoms with Gasteiger partial charge >= 0.3 is 6.03 Å². The van der Waals surface area contributed by atoms with Gasteiger partial charge in [0.2, 0.25) is 0 Å². The van der Waals surface area contributed by atoms with Crippen molar-refractivity contribution in [3.8, 4) is 0 Å². The van der Waals surface area contributed by atoms with Gasteiger partial charge in [-0.3, -0.25) is 15.0 Å². The van der Waals surface area contributed by atoms with Gasteiger partial charge in [0, 0.05) is 30.4 Å². The smallest absolute Gasteiger partial charge is 0.320 e. The Morgan fingerprint density at radius 1 is 1.27 bits per heavy atom. The van der Waals surface area contributed by atoms with Crippen molar-refractivity contribution < 1.29 is 9.90 Å². The average molecular weight is 453 g/mol. The molecular formula is C25H36N6O2. The molecule has 0 unspecified atom stereocenters. The van der Waals surface area contributed by atoms with Crippen LogP contribution >= 0.6 is 0 Å². The highest BCUT2D eigenvalue weighted by atomic mass is 16.3. The van der Waals surface area contributed by atoms with Crippen LogP contribution in [0.4, 0.5) is 10.5 Å². The lowest BCUT2D eigenvalue weighted by atomic mass is 9.81. The van der Waals surface area contributed by atoms with Crippen LogP contribution in [0.5, 0.6) is 0 Å². The van der Waals surface area contributed by atoms with E-state index in [9.17, 15) is 4.79 Å². The molecule has 8 nitrogen and oxygen atoms in total. The first-order valence-electron chi connectivity index (χ1n) is 11.5. The summed E-state index contributed by atoms with van der Waals surface area (Å²) >= 11 is 0. The molecule has 178 valence electrons. The fourth-order valence-electron chi connectivity index (χ4n) is 4.14. The fourth-order valence-corrected chi connectivity index (χ4v) is 4.14. The summed E-state index contributed by atoms with van der Waals surface area (Å²) in [5.41, 5.74) is 3.83. The van der Waals surface area contributed by atoms with E-state index in [1.807, 2.05) is 12.1 Å². The van der Waals surface area contributed by atoms with Crippen molar-refractivity contribution >= 4 is 17.4 Å². The molecule has 1 aliphatic carbocycles. The summed E-state index contributed by atoms with van der Waals surface area (Å²) in [7, 11) is 1.74. The topological polar surface area (TPSA) is 104 Å². The van der Waals surface area contributed by atoms with Gasteiger partial charge in [-0.05, 0) is 29.9 Å². The minimum atomic E-state index is -0.282. The number of carbonyl (C=O) groups excluding carboxylic acids is 1. The first kappa shape index (κ1) is 24.5. The maximum absolute atomic E-state index is 13.0. The van der Waals surface area contributed by atoms with Gasteiger partial charge in [-0.2, -0.15) is 5.10 Å². The zero-order valence-corrected chi connectivity index (χ0v) is 20.2. The van der Waals surface area contributed by atoms with Gasteiger partial charge in [-0.15, -0.1) is 0 Å².